The molecule has 26 heteroatoms. The number of fused-ring (bicyclic) bond motifs is 1. The number of primary amides is 1. The summed E-state index contributed by atoms with van der Waals surface area (Å²) in [5.74, 6) is -11.0. The molecule has 0 saturated carbocycles. The summed E-state index contributed by atoms with van der Waals surface area (Å²) in [4.78, 5) is 150. The Balaban J connectivity index is 1.47. The SMILES string of the molecule is C[C@H](NC(=O)CCNC(=O)CN1C(=O)C=CC1=O)C(=O)N[C@@H](C)C(=O)N[C@@H](CC(N)=O)C(=O)N[C@@H](C)C(=O)NC(C)(C)C(=O)OC[C@@H]1[C@@H](O)[C@H](O)[C@H](O)[C@H]2NC(=O)C(=O)N12. The molecule has 0 aromatic rings. The summed E-state index contributed by atoms with van der Waals surface area (Å²) in [6, 6.07) is -7.13. The van der Waals surface area contributed by atoms with Crippen molar-refractivity contribution in [3.63, 3.8) is 0 Å². The predicted octanol–water partition coefficient (Wildman–Crippen LogP) is -8.52. The lowest BCUT2D eigenvalue weighted by Gasteiger charge is -2.44. The molecule has 0 aliphatic carbocycles. The van der Waals surface area contributed by atoms with Crippen LogP contribution in [0.4, 0.5) is 0 Å². The molecule has 0 bridgehead atoms. The van der Waals surface area contributed by atoms with Gasteiger partial charge in [-0.15, -0.1) is 0 Å². The highest BCUT2D eigenvalue weighted by Gasteiger charge is 2.56. The van der Waals surface area contributed by atoms with Crippen LogP contribution in [-0.4, -0.2) is 176 Å². The van der Waals surface area contributed by atoms with Gasteiger partial charge in [-0.1, -0.05) is 0 Å². The van der Waals surface area contributed by atoms with E-state index in [1.165, 1.54) is 34.6 Å². The molecule has 0 unspecified atom stereocenters. The summed E-state index contributed by atoms with van der Waals surface area (Å²) in [5.41, 5.74) is 3.42. The van der Waals surface area contributed by atoms with E-state index in [1.54, 1.807) is 0 Å². The second-order valence-corrected chi connectivity index (χ2v) is 14.6. The van der Waals surface area contributed by atoms with Crippen LogP contribution in [0, 0.1) is 0 Å². The van der Waals surface area contributed by atoms with Crippen molar-refractivity contribution in [2.45, 2.75) is 108 Å². The van der Waals surface area contributed by atoms with Crippen molar-refractivity contribution in [3.05, 3.63) is 12.2 Å². The number of carbonyl (C=O) groups is 12. The molecule has 11 amide bonds. The Morgan fingerprint density at radius 2 is 1.33 bits per heavy atom. The monoisotopic (exact) mass is 852 g/mol. The second kappa shape index (κ2) is 19.9. The average Bonchev–Trinajstić information content (AvgIpc) is 3.64. The quantitative estimate of drug-likeness (QED) is 0.0327. The van der Waals surface area contributed by atoms with E-state index in [0.29, 0.717) is 4.90 Å². The summed E-state index contributed by atoms with van der Waals surface area (Å²) in [5, 5.41) is 46.9. The number of amides is 11. The van der Waals surface area contributed by atoms with E-state index in [9.17, 15) is 72.9 Å². The summed E-state index contributed by atoms with van der Waals surface area (Å²) in [7, 11) is 0. The number of imide groups is 1. The van der Waals surface area contributed by atoms with Crippen LogP contribution in [-0.2, 0) is 62.3 Å². The molecule has 0 radical (unpaired) electrons. The fourth-order valence-corrected chi connectivity index (χ4v) is 5.86. The first kappa shape index (κ1) is 47.8. The van der Waals surface area contributed by atoms with Crippen molar-refractivity contribution < 1.29 is 77.6 Å². The minimum Gasteiger partial charge on any atom is -0.462 e. The van der Waals surface area contributed by atoms with Crippen molar-refractivity contribution in [2.24, 2.45) is 5.73 Å². The maximum atomic E-state index is 13.1. The first-order valence-electron chi connectivity index (χ1n) is 18.3. The standard InChI is InChI=1S/C34H48N10O16/c1-13(37-19(46)8-9-36-20(47)11-43-21(48)6-7-22(43)49)27(53)38-14(2)28(54)40-16(10-18(35)45)30(56)39-15(3)29(55)42-34(4,5)33(59)60-12-17-23(50)24(51)25(52)26-41-31(57)32(58)44(17)26/h6-7,13-17,23-26,50-52H,8-12H2,1-5H3,(H2,35,45)(H,36,47)(H,37,46)(H,38,53)(H,39,56)(H,40,54)(H,41,57)(H,42,55)/t13-,14-,15-,16-,17+,23+,24-,25-,26-/m0/s1. The third kappa shape index (κ3) is 12.0. The highest BCUT2D eigenvalue weighted by atomic mass is 16.5. The predicted molar refractivity (Wildman–Crippen MR) is 196 cm³/mol. The van der Waals surface area contributed by atoms with Gasteiger partial charge in [-0.05, 0) is 34.6 Å². The molecule has 330 valence electrons. The zero-order valence-corrected chi connectivity index (χ0v) is 33.0. The molecule has 60 heavy (non-hydrogen) atoms. The average molecular weight is 853 g/mol. The number of nitrogens with two attached hydrogens (primary N) is 1. The number of aliphatic hydroxyl groups is 3. The smallest absolute Gasteiger partial charge is 0.331 e. The van der Waals surface area contributed by atoms with E-state index in [1.807, 2.05) is 0 Å². The van der Waals surface area contributed by atoms with Gasteiger partial charge in [0.2, 0.25) is 41.4 Å². The Bertz CT molecular complexity index is 1820. The number of hydrogen-bond acceptors (Lipinski definition) is 16. The maximum Gasteiger partial charge on any atom is 0.331 e. The van der Waals surface area contributed by atoms with Crippen LogP contribution in [0.2, 0.25) is 0 Å². The Morgan fingerprint density at radius 1 is 0.783 bits per heavy atom. The lowest BCUT2D eigenvalue weighted by molar-refractivity contribution is -0.183. The molecule has 3 aliphatic rings. The Morgan fingerprint density at radius 3 is 1.93 bits per heavy atom. The summed E-state index contributed by atoms with van der Waals surface area (Å²) in [6.45, 7) is 4.58. The highest BCUT2D eigenvalue weighted by molar-refractivity contribution is 6.37. The number of ether oxygens (including phenoxy) is 1. The van der Waals surface area contributed by atoms with Crippen molar-refractivity contribution in [1.82, 2.24) is 47.0 Å². The van der Waals surface area contributed by atoms with E-state index in [4.69, 9.17) is 10.5 Å². The zero-order valence-electron chi connectivity index (χ0n) is 33.0. The normalized spacial score (nSPS) is 23.0. The van der Waals surface area contributed by atoms with Crippen molar-refractivity contribution >= 4 is 70.9 Å². The van der Waals surface area contributed by atoms with Crippen LogP contribution in [0.1, 0.15) is 47.5 Å². The number of hydrogen-bond donors (Lipinski definition) is 11. The maximum absolute atomic E-state index is 13.1. The molecule has 0 aromatic heterocycles. The molecule has 3 heterocycles. The van der Waals surface area contributed by atoms with Crippen molar-refractivity contribution in [3.8, 4) is 0 Å². The van der Waals surface area contributed by atoms with Crippen LogP contribution in [0.3, 0.4) is 0 Å². The zero-order chi connectivity index (χ0) is 45.4. The van der Waals surface area contributed by atoms with Gasteiger partial charge < -0.3 is 67.9 Å². The topological polar surface area (TPSA) is 391 Å². The minimum atomic E-state index is -1.84. The Hall–Kier alpha value is -6.54. The number of esters is 1. The molecule has 0 spiro atoms. The lowest BCUT2D eigenvalue weighted by Crippen LogP contribution is -2.68. The summed E-state index contributed by atoms with van der Waals surface area (Å²) >= 11 is 0. The first-order chi connectivity index (χ1) is 27.9. The number of nitrogens with one attached hydrogen (secondary N) is 7. The van der Waals surface area contributed by atoms with Gasteiger partial charge in [0, 0.05) is 25.1 Å². The van der Waals surface area contributed by atoms with Gasteiger partial charge in [-0.2, -0.15) is 0 Å². The van der Waals surface area contributed by atoms with Gasteiger partial charge in [0.25, 0.3) is 11.8 Å². The van der Waals surface area contributed by atoms with Gasteiger partial charge in [0.1, 0.15) is 67.3 Å². The minimum absolute atomic E-state index is 0.201. The molecule has 0 aromatic carbocycles. The number of piperidine rings is 1. The fraction of sp³-hybridized carbons (Fsp3) is 0.588. The fourth-order valence-electron chi connectivity index (χ4n) is 5.86. The van der Waals surface area contributed by atoms with Gasteiger partial charge in [0.15, 0.2) is 0 Å². The van der Waals surface area contributed by atoms with Crippen LogP contribution >= 0.6 is 0 Å². The molecule has 12 N–H and O–H groups in total. The number of aliphatic hydroxyl groups excluding tert-OH is 3. The third-order valence-corrected chi connectivity index (χ3v) is 9.30. The van der Waals surface area contributed by atoms with E-state index in [0.717, 1.165) is 17.1 Å². The van der Waals surface area contributed by atoms with Crippen molar-refractivity contribution in [2.75, 3.05) is 19.7 Å². The molecular weight excluding hydrogens is 804 g/mol. The van der Waals surface area contributed by atoms with Crippen molar-refractivity contribution in [1.29, 1.82) is 0 Å². The molecule has 3 rings (SSSR count). The first-order valence-corrected chi connectivity index (χ1v) is 18.3. The molecule has 9 atom stereocenters. The van der Waals surface area contributed by atoms with E-state index in [-0.39, 0.29) is 13.0 Å². The molecule has 3 aliphatic heterocycles. The van der Waals surface area contributed by atoms with Gasteiger partial charge in [-0.3, -0.25) is 57.6 Å². The van der Waals surface area contributed by atoms with Gasteiger partial charge >= 0.3 is 17.8 Å². The lowest BCUT2D eigenvalue weighted by atomic mass is 9.92. The van der Waals surface area contributed by atoms with Crippen LogP contribution in [0.5, 0.6) is 0 Å². The highest BCUT2D eigenvalue weighted by Crippen LogP contribution is 2.27. The molecular formula is C34H48N10O16. The second-order valence-electron chi connectivity index (χ2n) is 14.6. The third-order valence-electron chi connectivity index (χ3n) is 9.30. The molecule has 26 nitrogen and oxygen atoms in total. The van der Waals surface area contributed by atoms with Gasteiger partial charge in [-0.25, -0.2) is 4.79 Å². The number of nitrogens with zero attached hydrogens (tertiary/aromatic N) is 2. The Kier molecular flexibility index (Phi) is 15.9. The number of rotatable bonds is 19. The van der Waals surface area contributed by atoms with E-state index < -0.39 is 151 Å². The van der Waals surface area contributed by atoms with Gasteiger partial charge in [0.05, 0.1) is 12.5 Å². The Labute approximate surface area is 340 Å². The summed E-state index contributed by atoms with van der Waals surface area (Å²) < 4.78 is 5.20. The van der Waals surface area contributed by atoms with E-state index >= 15 is 0 Å². The van der Waals surface area contributed by atoms with Crippen LogP contribution in [0.15, 0.2) is 12.2 Å². The number of carbonyl (C=O) groups excluding carboxylic acids is 12. The summed E-state index contributed by atoms with van der Waals surface area (Å²) in [6.07, 6.45) is -5.87. The van der Waals surface area contributed by atoms with E-state index in [2.05, 4.69) is 37.2 Å². The molecule has 2 fully saturated rings. The largest absolute Gasteiger partial charge is 0.462 e. The molecule has 2 saturated heterocycles. The van der Waals surface area contributed by atoms with Crippen LogP contribution in [0.25, 0.3) is 0 Å². The van der Waals surface area contributed by atoms with Crippen LogP contribution < -0.4 is 43.0 Å².